The van der Waals surface area contributed by atoms with Crippen LogP contribution in [0.3, 0.4) is 0 Å². The van der Waals surface area contributed by atoms with Crippen LogP contribution in [0, 0.1) is 0 Å². The van der Waals surface area contributed by atoms with E-state index in [0.717, 1.165) is 23.9 Å². The standard InChI is InChI=1S/C19H27N3O/c1-2-3-4-5-6-7-8-9-10-11-16-19(23)22-18-15-13-12-14-17(18)20-21-22/h2-3,12-15H,4-11,16H2,1H3/b3-2+. The molecule has 0 fully saturated rings. The molecule has 124 valence electrons. The first kappa shape index (κ1) is 17.4. The van der Waals surface area contributed by atoms with Crippen LogP contribution in [-0.4, -0.2) is 20.9 Å². The Hall–Kier alpha value is -1.97. The Bertz CT molecular complexity index is 630. The summed E-state index contributed by atoms with van der Waals surface area (Å²) in [5.74, 6) is 0.0463. The molecule has 0 saturated carbocycles. The predicted octanol–water partition coefficient (Wildman–Crippen LogP) is 5.16. The molecule has 0 atom stereocenters. The second-order valence-corrected chi connectivity index (χ2v) is 5.97. The first-order valence-electron chi connectivity index (χ1n) is 8.77. The predicted molar refractivity (Wildman–Crippen MR) is 94.5 cm³/mol. The number of benzene rings is 1. The third-order valence-electron chi connectivity index (χ3n) is 4.09. The minimum Gasteiger partial charge on any atom is -0.273 e. The third kappa shape index (κ3) is 5.62. The number of fused-ring (bicyclic) bond motifs is 1. The fourth-order valence-electron chi connectivity index (χ4n) is 2.75. The van der Waals surface area contributed by atoms with Crippen molar-refractivity contribution in [2.75, 3.05) is 0 Å². The van der Waals surface area contributed by atoms with Gasteiger partial charge in [-0.3, -0.25) is 4.79 Å². The molecule has 23 heavy (non-hydrogen) atoms. The van der Waals surface area contributed by atoms with Gasteiger partial charge >= 0.3 is 0 Å². The molecule has 0 unspecified atom stereocenters. The van der Waals surface area contributed by atoms with Crippen molar-refractivity contribution in [3.8, 4) is 0 Å². The fourth-order valence-corrected chi connectivity index (χ4v) is 2.75. The Kier molecular flexibility index (Phi) is 7.50. The number of hydrogen-bond acceptors (Lipinski definition) is 3. The first-order chi connectivity index (χ1) is 11.3. The number of allylic oxidation sites excluding steroid dienone is 2. The Labute approximate surface area is 138 Å². The van der Waals surface area contributed by atoms with E-state index in [4.69, 9.17) is 0 Å². The van der Waals surface area contributed by atoms with Crippen LogP contribution in [0.1, 0.15) is 69.5 Å². The average molecular weight is 313 g/mol. The third-order valence-corrected chi connectivity index (χ3v) is 4.09. The molecule has 4 nitrogen and oxygen atoms in total. The summed E-state index contributed by atoms with van der Waals surface area (Å²) in [4.78, 5) is 12.2. The number of carbonyl (C=O) groups excluding carboxylic acids is 1. The SMILES string of the molecule is C/C=C/CCCCCCCCCC(=O)n1nnc2ccccc21. The lowest BCUT2D eigenvalue weighted by Gasteiger charge is -2.02. The van der Waals surface area contributed by atoms with E-state index in [2.05, 4.69) is 29.4 Å². The van der Waals surface area contributed by atoms with E-state index in [-0.39, 0.29) is 5.91 Å². The lowest BCUT2D eigenvalue weighted by Crippen LogP contribution is -2.12. The Morgan fingerprint density at radius 3 is 2.52 bits per heavy atom. The number of unbranched alkanes of at least 4 members (excludes halogenated alkanes) is 7. The zero-order valence-corrected chi connectivity index (χ0v) is 14.1. The summed E-state index contributed by atoms with van der Waals surface area (Å²) in [5.41, 5.74) is 1.58. The molecule has 0 aliphatic heterocycles. The summed E-state index contributed by atoms with van der Waals surface area (Å²) in [6, 6.07) is 7.58. The van der Waals surface area contributed by atoms with Crippen LogP contribution in [0.2, 0.25) is 0 Å². The highest BCUT2D eigenvalue weighted by Gasteiger charge is 2.10. The number of nitrogens with zero attached hydrogens (tertiary/aromatic N) is 3. The maximum atomic E-state index is 12.2. The zero-order chi connectivity index (χ0) is 16.3. The van der Waals surface area contributed by atoms with Gasteiger partial charge in [0.25, 0.3) is 0 Å². The topological polar surface area (TPSA) is 47.8 Å². The van der Waals surface area contributed by atoms with Gasteiger partial charge in [-0.15, -0.1) is 5.10 Å². The van der Waals surface area contributed by atoms with Crippen LogP contribution in [0.4, 0.5) is 0 Å². The maximum Gasteiger partial charge on any atom is 0.248 e. The van der Waals surface area contributed by atoms with Gasteiger partial charge < -0.3 is 0 Å². The molecule has 1 heterocycles. The van der Waals surface area contributed by atoms with Crippen LogP contribution in [0.5, 0.6) is 0 Å². The average Bonchev–Trinajstić information content (AvgIpc) is 3.00. The summed E-state index contributed by atoms with van der Waals surface area (Å²) >= 11 is 0. The Morgan fingerprint density at radius 1 is 1.04 bits per heavy atom. The van der Waals surface area contributed by atoms with E-state index in [1.165, 1.54) is 43.2 Å². The van der Waals surface area contributed by atoms with Gasteiger partial charge in [0, 0.05) is 6.42 Å². The molecule has 0 radical (unpaired) electrons. The van der Waals surface area contributed by atoms with Crippen molar-refractivity contribution in [2.45, 2.75) is 64.7 Å². The summed E-state index contributed by atoms with van der Waals surface area (Å²) in [6.45, 7) is 2.07. The number of carbonyl (C=O) groups is 1. The van der Waals surface area contributed by atoms with E-state index >= 15 is 0 Å². The van der Waals surface area contributed by atoms with E-state index in [1.54, 1.807) is 0 Å². The van der Waals surface area contributed by atoms with Gasteiger partial charge in [0.2, 0.25) is 5.91 Å². The lowest BCUT2D eigenvalue weighted by molar-refractivity contribution is 0.0886. The first-order valence-corrected chi connectivity index (χ1v) is 8.77. The van der Waals surface area contributed by atoms with Gasteiger partial charge in [-0.05, 0) is 38.3 Å². The van der Waals surface area contributed by atoms with Crippen molar-refractivity contribution in [1.82, 2.24) is 15.0 Å². The quantitative estimate of drug-likeness (QED) is 0.449. The van der Waals surface area contributed by atoms with Crippen LogP contribution in [0.15, 0.2) is 36.4 Å². The zero-order valence-electron chi connectivity index (χ0n) is 14.1. The largest absolute Gasteiger partial charge is 0.273 e. The van der Waals surface area contributed by atoms with Crippen molar-refractivity contribution in [3.05, 3.63) is 36.4 Å². The highest BCUT2D eigenvalue weighted by atomic mass is 16.2. The molecule has 0 aliphatic carbocycles. The highest BCUT2D eigenvalue weighted by Crippen LogP contribution is 2.13. The maximum absolute atomic E-state index is 12.2. The molecule has 0 bridgehead atoms. The van der Waals surface area contributed by atoms with Crippen LogP contribution < -0.4 is 0 Å². The highest BCUT2D eigenvalue weighted by molar-refractivity contribution is 5.88. The van der Waals surface area contributed by atoms with Crippen molar-refractivity contribution in [1.29, 1.82) is 0 Å². The smallest absolute Gasteiger partial charge is 0.248 e. The molecule has 1 aromatic carbocycles. The molecule has 0 amide bonds. The molecule has 2 aromatic rings. The molecule has 0 aliphatic rings. The van der Waals surface area contributed by atoms with Crippen molar-refractivity contribution < 1.29 is 4.79 Å². The van der Waals surface area contributed by atoms with E-state index in [0.29, 0.717) is 6.42 Å². The van der Waals surface area contributed by atoms with Gasteiger partial charge in [-0.2, -0.15) is 4.68 Å². The number of aromatic nitrogens is 3. The minimum absolute atomic E-state index is 0.0463. The van der Waals surface area contributed by atoms with Crippen molar-refractivity contribution in [3.63, 3.8) is 0 Å². The van der Waals surface area contributed by atoms with Crippen LogP contribution in [0.25, 0.3) is 11.0 Å². The molecule has 4 heteroatoms. The van der Waals surface area contributed by atoms with E-state index < -0.39 is 0 Å². The van der Waals surface area contributed by atoms with Gasteiger partial charge in [0.05, 0.1) is 5.52 Å². The normalized spacial score (nSPS) is 11.5. The Balaban J connectivity index is 1.59. The second-order valence-electron chi connectivity index (χ2n) is 5.97. The van der Waals surface area contributed by atoms with Crippen LogP contribution in [-0.2, 0) is 0 Å². The molecule has 1 aromatic heterocycles. The number of para-hydroxylation sites is 1. The molecular formula is C19H27N3O. The van der Waals surface area contributed by atoms with Crippen molar-refractivity contribution >= 4 is 16.9 Å². The summed E-state index contributed by atoms with van der Waals surface area (Å²) in [7, 11) is 0. The van der Waals surface area contributed by atoms with Gasteiger partial charge in [-0.25, -0.2) is 0 Å². The van der Waals surface area contributed by atoms with Crippen LogP contribution >= 0.6 is 0 Å². The molecule has 0 N–H and O–H groups in total. The lowest BCUT2D eigenvalue weighted by atomic mass is 10.1. The molecule has 0 spiro atoms. The molecular weight excluding hydrogens is 286 g/mol. The summed E-state index contributed by atoms with van der Waals surface area (Å²) in [6.07, 6.45) is 14.6. The van der Waals surface area contributed by atoms with Crippen molar-refractivity contribution in [2.24, 2.45) is 0 Å². The molecule has 2 rings (SSSR count). The fraction of sp³-hybridized carbons (Fsp3) is 0.526. The second kappa shape index (κ2) is 9.93. The Morgan fingerprint density at radius 2 is 1.74 bits per heavy atom. The van der Waals surface area contributed by atoms with E-state index in [1.807, 2.05) is 24.3 Å². The molecule has 0 saturated heterocycles. The van der Waals surface area contributed by atoms with Gasteiger partial charge in [-0.1, -0.05) is 61.6 Å². The summed E-state index contributed by atoms with van der Waals surface area (Å²) < 4.78 is 1.44. The summed E-state index contributed by atoms with van der Waals surface area (Å²) in [5, 5.41) is 8.00. The van der Waals surface area contributed by atoms with Gasteiger partial charge in [0.1, 0.15) is 5.52 Å². The minimum atomic E-state index is 0.0463. The number of rotatable bonds is 10. The van der Waals surface area contributed by atoms with Gasteiger partial charge in [0.15, 0.2) is 0 Å². The monoisotopic (exact) mass is 313 g/mol. The van der Waals surface area contributed by atoms with E-state index in [9.17, 15) is 4.79 Å². The number of hydrogen-bond donors (Lipinski definition) is 0.